The van der Waals surface area contributed by atoms with Gasteiger partial charge in [0.2, 0.25) is 0 Å². The molecule has 0 aromatic heterocycles. The highest BCUT2D eigenvalue weighted by Gasteiger charge is 2.28. The number of nitrogens with zero attached hydrogens (tertiary/aromatic N) is 2. The van der Waals surface area contributed by atoms with Crippen molar-refractivity contribution in [3.8, 4) is 28.4 Å². The third-order valence-corrected chi connectivity index (χ3v) is 12.0. The third kappa shape index (κ3) is 18.1. The molecular formula is C57H70N2O8. The summed E-state index contributed by atoms with van der Waals surface area (Å²) < 4.78 is 28.3. The molecule has 0 spiro atoms. The summed E-state index contributed by atoms with van der Waals surface area (Å²) in [6.45, 7) is 16.0. The van der Waals surface area contributed by atoms with Crippen molar-refractivity contribution in [1.29, 1.82) is 0 Å². The molecule has 0 radical (unpaired) electrons. The van der Waals surface area contributed by atoms with Gasteiger partial charge in [-0.15, -0.1) is 0 Å². The fraction of sp³-hybridized carbons (Fsp3) is 0.404. The normalized spacial score (nSPS) is 14.8. The number of benzene rings is 4. The lowest BCUT2D eigenvalue weighted by atomic mass is 9.82. The number of para-hydroxylation sites is 1. The van der Waals surface area contributed by atoms with Gasteiger partial charge in [0.1, 0.15) is 23.1 Å². The van der Waals surface area contributed by atoms with Crippen LogP contribution in [0.15, 0.2) is 127 Å². The molecule has 4 aromatic rings. The van der Waals surface area contributed by atoms with Gasteiger partial charge in [0, 0.05) is 24.9 Å². The van der Waals surface area contributed by atoms with Gasteiger partial charge in [0.05, 0.1) is 38.0 Å². The summed E-state index contributed by atoms with van der Waals surface area (Å²) in [5, 5.41) is 0. The van der Waals surface area contributed by atoms with Crippen molar-refractivity contribution < 1.29 is 38.1 Å². The Hall–Kier alpha value is -6.42. The Morgan fingerprint density at radius 1 is 0.716 bits per heavy atom. The Bertz CT molecular complexity index is 2240. The summed E-state index contributed by atoms with van der Waals surface area (Å²) in [5.74, 6) is 2.21. The first-order valence-corrected chi connectivity index (χ1v) is 24.1. The maximum atomic E-state index is 13.2. The molecule has 1 aliphatic carbocycles. The number of aryl methyl sites for hydroxylation is 2. The fourth-order valence-electron chi connectivity index (χ4n) is 7.88. The molecule has 1 fully saturated rings. The van der Waals surface area contributed by atoms with E-state index < -0.39 is 0 Å². The highest BCUT2D eigenvalue weighted by molar-refractivity contribution is 5.85. The van der Waals surface area contributed by atoms with E-state index in [1.54, 1.807) is 12.1 Å². The Morgan fingerprint density at radius 2 is 1.36 bits per heavy atom. The van der Waals surface area contributed by atoms with Gasteiger partial charge in [0.15, 0.2) is 0 Å². The first-order chi connectivity index (χ1) is 32.6. The van der Waals surface area contributed by atoms with Gasteiger partial charge in [-0.3, -0.25) is 4.79 Å². The molecule has 1 aliphatic rings. The number of unbranched alkanes of at least 4 members (excludes halogenated alkanes) is 5. The second-order valence-electron chi connectivity index (χ2n) is 17.1. The number of carbonyl (C=O) groups excluding carboxylic acids is 3. The van der Waals surface area contributed by atoms with E-state index in [9.17, 15) is 14.4 Å². The average Bonchev–Trinajstić information content (AvgIpc) is 3.35. The molecule has 0 atom stereocenters. The van der Waals surface area contributed by atoms with Crippen LogP contribution >= 0.6 is 0 Å². The number of aliphatic imine (C=N–C) groups is 1. The minimum Gasteiger partial charge on any atom is -0.494 e. The van der Waals surface area contributed by atoms with Crippen LogP contribution in [0.5, 0.6) is 17.2 Å². The van der Waals surface area contributed by atoms with E-state index in [2.05, 4.69) is 106 Å². The summed E-state index contributed by atoms with van der Waals surface area (Å²) in [7, 11) is 0. The molecule has 10 nitrogen and oxygen atoms in total. The molecule has 0 aliphatic heterocycles. The quantitative estimate of drug-likeness (QED) is 0.0144. The van der Waals surface area contributed by atoms with Gasteiger partial charge in [-0.1, -0.05) is 75.0 Å². The first-order valence-electron chi connectivity index (χ1n) is 24.1. The van der Waals surface area contributed by atoms with Crippen LogP contribution < -0.4 is 14.2 Å². The van der Waals surface area contributed by atoms with Crippen LogP contribution in [0.25, 0.3) is 17.2 Å². The molecule has 10 heteroatoms. The summed E-state index contributed by atoms with van der Waals surface area (Å²) in [6.07, 6.45) is 18.3. The van der Waals surface area contributed by atoms with Crippen LogP contribution in [0.4, 0.5) is 5.69 Å². The van der Waals surface area contributed by atoms with Crippen molar-refractivity contribution >= 4 is 35.5 Å². The van der Waals surface area contributed by atoms with E-state index in [1.807, 2.05) is 24.3 Å². The molecule has 1 saturated carbocycles. The highest BCUT2D eigenvalue weighted by Crippen LogP contribution is 2.33. The smallest absolute Gasteiger partial charge is 0.330 e. The van der Waals surface area contributed by atoms with Crippen molar-refractivity contribution in [2.45, 2.75) is 104 Å². The molecular weight excluding hydrogens is 841 g/mol. The van der Waals surface area contributed by atoms with Crippen molar-refractivity contribution in [3.05, 3.63) is 139 Å². The van der Waals surface area contributed by atoms with Gasteiger partial charge in [0.25, 0.3) is 0 Å². The fourth-order valence-corrected chi connectivity index (χ4v) is 7.88. The van der Waals surface area contributed by atoms with Gasteiger partial charge in [-0.25, -0.2) is 14.6 Å². The number of hydrogen-bond acceptors (Lipinski definition) is 9. The number of ether oxygens (including phenoxy) is 5. The number of hydrogen-bond donors (Lipinski definition) is 0. The van der Waals surface area contributed by atoms with Crippen LogP contribution in [0.1, 0.15) is 108 Å². The lowest BCUT2D eigenvalue weighted by molar-refractivity contribution is -0.140. The molecule has 0 amide bonds. The lowest BCUT2D eigenvalue weighted by Crippen LogP contribution is -2.27. The monoisotopic (exact) mass is 911 g/mol. The van der Waals surface area contributed by atoms with Gasteiger partial charge >= 0.3 is 17.9 Å². The highest BCUT2D eigenvalue weighted by atomic mass is 16.5. The molecule has 0 saturated heterocycles. The van der Waals surface area contributed by atoms with E-state index in [0.29, 0.717) is 38.1 Å². The van der Waals surface area contributed by atoms with Crippen LogP contribution in [0.3, 0.4) is 0 Å². The second kappa shape index (κ2) is 28.6. The standard InChI is InChI=1S/C57H70N2O8/c1-6-9-36-59(44(5)58-54-20-13-12-18-43(54)4)37-35-49-41-52(33-34-53(49)47-25-21-45(22-26-47)19-14-17-40-65-56(61)8-3)66-42-46-23-27-48(28-24-46)57(62)67-51-31-29-50(30-32-51)63-38-15-10-11-16-39-64-55(60)7-2/h7-8,12-13,18,20-22,25-26,29-35,37,41,46,48H,2-3,6,9-11,14-17,19,23-24,27-28,36,38-40,42H2,1,4-5H3/b37-35+,58-44?. The molecule has 5 rings (SSSR count). The van der Waals surface area contributed by atoms with Crippen molar-refractivity contribution in [3.63, 3.8) is 0 Å². The number of carbonyl (C=O) groups is 3. The number of rotatable bonds is 27. The molecule has 0 bridgehead atoms. The maximum Gasteiger partial charge on any atom is 0.330 e. The second-order valence-corrected chi connectivity index (χ2v) is 17.1. The van der Waals surface area contributed by atoms with Crippen LogP contribution in [0, 0.1) is 18.8 Å². The van der Waals surface area contributed by atoms with Gasteiger partial charge in [-0.05, 0) is 173 Å². The lowest BCUT2D eigenvalue weighted by Gasteiger charge is -2.27. The van der Waals surface area contributed by atoms with Gasteiger partial charge < -0.3 is 28.6 Å². The Balaban J connectivity index is 1.16. The van der Waals surface area contributed by atoms with Gasteiger partial charge in [-0.2, -0.15) is 0 Å². The molecule has 0 N–H and O–H groups in total. The van der Waals surface area contributed by atoms with Crippen LogP contribution in [-0.2, 0) is 30.3 Å². The van der Waals surface area contributed by atoms with Crippen LogP contribution in [-0.4, -0.2) is 61.6 Å². The molecule has 67 heavy (non-hydrogen) atoms. The van der Waals surface area contributed by atoms with Crippen molar-refractivity contribution in [2.24, 2.45) is 16.8 Å². The number of esters is 3. The van der Waals surface area contributed by atoms with Crippen LogP contribution in [0.2, 0.25) is 0 Å². The topological polar surface area (TPSA) is 113 Å². The zero-order chi connectivity index (χ0) is 47.6. The predicted molar refractivity (Wildman–Crippen MR) is 269 cm³/mol. The third-order valence-electron chi connectivity index (χ3n) is 12.0. The molecule has 0 unspecified atom stereocenters. The molecule has 4 aromatic carbocycles. The largest absolute Gasteiger partial charge is 0.494 e. The minimum atomic E-state index is -0.387. The van der Waals surface area contributed by atoms with E-state index in [1.165, 1.54) is 17.7 Å². The zero-order valence-electron chi connectivity index (χ0n) is 39.9. The van der Waals surface area contributed by atoms with E-state index in [-0.39, 0.29) is 23.8 Å². The van der Waals surface area contributed by atoms with Crippen molar-refractivity contribution in [2.75, 3.05) is 33.0 Å². The molecule has 0 heterocycles. The van der Waals surface area contributed by atoms with E-state index in [4.69, 9.17) is 28.7 Å². The summed E-state index contributed by atoms with van der Waals surface area (Å²) in [5.41, 5.74) is 6.59. The van der Waals surface area contributed by atoms with Crippen molar-refractivity contribution in [1.82, 2.24) is 4.90 Å². The zero-order valence-corrected chi connectivity index (χ0v) is 39.9. The van der Waals surface area contributed by atoms with E-state index >= 15 is 0 Å². The minimum absolute atomic E-state index is 0.148. The number of amidine groups is 1. The summed E-state index contributed by atoms with van der Waals surface area (Å²) in [6, 6.07) is 30.5. The Labute approximate surface area is 398 Å². The Morgan fingerprint density at radius 3 is 2.03 bits per heavy atom. The average molecular weight is 911 g/mol. The van der Waals surface area contributed by atoms with E-state index in [0.717, 1.165) is 135 Å². The predicted octanol–water partition coefficient (Wildman–Crippen LogP) is 13.0. The Kier molecular flexibility index (Phi) is 22.0. The SMILES string of the molecule is C=CC(=O)OCCCCCCOc1ccc(OC(=O)C2CCC(COc3ccc(-c4ccc(CCCCOC(=O)C=C)cc4)c(/C=C/N(CCCC)C(C)=Nc4ccccc4C)c3)CC2)cc1. The summed E-state index contributed by atoms with van der Waals surface area (Å²) >= 11 is 0. The molecule has 356 valence electrons. The maximum absolute atomic E-state index is 13.2. The first kappa shape index (κ1) is 51.6. The summed E-state index contributed by atoms with van der Waals surface area (Å²) in [4.78, 5) is 42.9.